The quantitative estimate of drug-likeness (QED) is 0.0560. The Kier molecular flexibility index (Phi) is 18.4. The lowest BCUT2D eigenvalue weighted by molar-refractivity contribution is -0.139. The number of benzene rings is 3. The van der Waals surface area contributed by atoms with Crippen LogP contribution in [0.3, 0.4) is 0 Å². The molecule has 0 bridgehead atoms. The summed E-state index contributed by atoms with van der Waals surface area (Å²) >= 11 is 0. The average Bonchev–Trinajstić information content (AvgIpc) is 3.20. The molecule has 0 aromatic heterocycles. The molecule has 0 atom stereocenters. The maximum absolute atomic E-state index is 16.2. The summed E-state index contributed by atoms with van der Waals surface area (Å²) in [7, 11) is 0. The molecule has 9 heteroatoms. The summed E-state index contributed by atoms with van der Waals surface area (Å²) in [6.45, 7) is 12.5. The van der Waals surface area contributed by atoms with E-state index in [2.05, 4.69) is 32.2 Å². The number of halogens is 2. The van der Waals surface area contributed by atoms with E-state index in [1.54, 1.807) is 26.0 Å². The van der Waals surface area contributed by atoms with Gasteiger partial charge in [-0.25, -0.2) is 18.4 Å². The summed E-state index contributed by atoms with van der Waals surface area (Å²) in [4.78, 5) is 24.1. The number of carbonyl (C=O) groups is 2. The number of ether oxygens (including phenoxy) is 3. The molecule has 0 unspecified atom stereocenters. The molecule has 7 nitrogen and oxygen atoms in total. The topological polar surface area (TPSA) is 102 Å². The van der Waals surface area contributed by atoms with Gasteiger partial charge in [0, 0.05) is 30.3 Å². The van der Waals surface area contributed by atoms with Crippen molar-refractivity contribution < 1.29 is 42.8 Å². The summed E-state index contributed by atoms with van der Waals surface area (Å²) in [5.74, 6) is -0.991. The molecule has 1 aliphatic rings. The first-order chi connectivity index (χ1) is 27.4. The van der Waals surface area contributed by atoms with Crippen molar-refractivity contribution in [2.45, 2.75) is 110 Å². The van der Waals surface area contributed by atoms with Gasteiger partial charge in [-0.1, -0.05) is 70.0 Å². The highest BCUT2D eigenvalue weighted by Gasteiger charge is 2.23. The molecule has 1 saturated carbocycles. The maximum atomic E-state index is 16.2. The Morgan fingerprint density at radius 3 is 1.77 bits per heavy atom. The molecule has 3 aromatic rings. The van der Waals surface area contributed by atoms with Gasteiger partial charge in [0.1, 0.15) is 17.4 Å². The van der Waals surface area contributed by atoms with Gasteiger partial charge >= 0.3 is 11.9 Å². The lowest BCUT2D eigenvalue weighted by Crippen LogP contribution is -2.16. The number of hydrogen-bond donors (Lipinski definition) is 2. The lowest BCUT2D eigenvalue weighted by Gasteiger charge is -2.29. The number of aliphatic hydroxyl groups is 2. The number of esters is 2. The number of hydrogen-bond acceptors (Lipinski definition) is 7. The van der Waals surface area contributed by atoms with E-state index >= 15 is 8.78 Å². The number of carbonyl (C=O) groups excluding carboxylic acids is 2. The third kappa shape index (κ3) is 13.6. The Bertz CT molecular complexity index is 1710. The second-order valence-corrected chi connectivity index (χ2v) is 15.7. The van der Waals surface area contributed by atoms with E-state index in [0.29, 0.717) is 66.0 Å². The number of aliphatic hydroxyl groups excluding tert-OH is 2. The van der Waals surface area contributed by atoms with Crippen molar-refractivity contribution in [3.63, 3.8) is 0 Å². The van der Waals surface area contributed by atoms with E-state index < -0.39 is 23.6 Å². The molecule has 310 valence electrons. The fourth-order valence-electron chi connectivity index (χ4n) is 7.56. The van der Waals surface area contributed by atoms with Gasteiger partial charge in [-0.15, -0.1) is 0 Å². The summed E-state index contributed by atoms with van der Waals surface area (Å²) in [5.41, 5.74) is 4.44. The highest BCUT2D eigenvalue weighted by Crippen LogP contribution is 2.40. The maximum Gasteiger partial charge on any atom is 0.333 e. The minimum absolute atomic E-state index is 0.0924. The Hall–Kier alpha value is -4.34. The van der Waals surface area contributed by atoms with E-state index in [4.69, 9.17) is 14.2 Å². The third-order valence-corrected chi connectivity index (χ3v) is 11.0. The van der Waals surface area contributed by atoms with Crippen LogP contribution in [0.2, 0.25) is 0 Å². The number of rotatable bonds is 23. The summed E-state index contributed by atoms with van der Waals surface area (Å²) in [5, 5.41) is 19.2. The summed E-state index contributed by atoms with van der Waals surface area (Å²) in [6, 6.07) is 14.3. The zero-order chi connectivity index (χ0) is 41.3. The van der Waals surface area contributed by atoms with E-state index in [-0.39, 0.29) is 55.7 Å². The molecule has 0 amide bonds. The average molecular weight is 789 g/mol. The molecule has 1 aliphatic carbocycles. The Labute approximate surface area is 338 Å². The monoisotopic (exact) mass is 788 g/mol. The first-order valence-corrected chi connectivity index (χ1v) is 20.7. The van der Waals surface area contributed by atoms with Crippen molar-refractivity contribution in [3.8, 4) is 28.0 Å². The van der Waals surface area contributed by atoms with Crippen molar-refractivity contribution in [1.29, 1.82) is 0 Å². The minimum Gasteiger partial charge on any atom is -0.493 e. The molecule has 0 aliphatic heterocycles. The van der Waals surface area contributed by atoms with Gasteiger partial charge in [0.05, 0.1) is 25.4 Å². The zero-order valence-electron chi connectivity index (χ0n) is 34.2. The SMILES string of the molecule is C=C(C)C(=O)OCCCc1cc(-c2c(F)cc(-c3ccc(C4CCC(CCCCC)CC4)cc3)cc2F)cc(CCCOC(=O)C(=C)C)c1OCCC(CO)CO. The van der Waals surface area contributed by atoms with Crippen LogP contribution in [0.4, 0.5) is 8.78 Å². The molecule has 0 spiro atoms. The molecule has 1 fully saturated rings. The van der Waals surface area contributed by atoms with Crippen LogP contribution in [0, 0.1) is 23.5 Å². The van der Waals surface area contributed by atoms with E-state index in [0.717, 1.165) is 11.5 Å². The van der Waals surface area contributed by atoms with Crippen LogP contribution in [-0.4, -0.2) is 55.2 Å². The van der Waals surface area contributed by atoms with Crippen molar-refractivity contribution in [1.82, 2.24) is 0 Å². The van der Waals surface area contributed by atoms with Crippen molar-refractivity contribution >= 4 is 11.9 Å². The molecule has 2 N–H and O–H groups in total. The second kappa shape index (κ2) is 23.2. The van der Waals surface area contributed by atoms with Crippen LogP contribution in [0.25, 0.3) is 22.3 Å². The van der Waals surface area contributed by atoms with Gasteiger partial charge in [0.2, 0.25) is 0 Å². The molecule has 0 saturated heterocycles. The molecule has 4 rings (SSSR count). The third-order valence-electron chi connectivity index (χ3n) is 11.0. The van der Waals surface area contributed by atoms with Crippen molar-refractivity contribution in [3.05, 3.63) is 101 Å². The van der Waals surface area contributed by atoms with Crippen LogP contribution < -0.4 is 4.74 Å². The van der Waals surface area contributed by atoms with Crippen LogP contribution in [-0.2, 0) is 31.9 Å². The minimum atomic E-state index is -0.708. The lowest BCUT2D eigenvalue weighted by atomic mass is 9.77. The van der Waals surface area contributed by atoms with Crippen LogP contribution in [0.5, 0.6) is 5.75 Å². The second-order valence-electron chi connectivity index (χ2n) is 15.7. The fraction of sp³-hybridized carbons (Fsp3) is 0.500. The number of unbranched alkanes of at least 4 members (excludes halogenated alkanes) is 2. The van der Waals surface area contributed by atoms with Gasteiger partial charge in [-0.2, -0.15) is 0 Å². The Morgan fingerprint density at radius 2 is 1.28 bits per heavy atom. The summed E-state index contributed by atoms with van der Waals surface area (Å²) < 4.78 is 49.4. The standard InChI is InChI=1S/C48H62F2O7/c1-6-7-8-11-34-14-16-36(17-15-34)37-18-20-38(21-19-37)41-28-43(49)45(44(50)29-41)42-26-39(12-9-23-56-47(53)32(2)3)46(55-25-22-35(30-51)31-52)40(27-42)13-10-24-57-48(54)33(4)5/h18-21,26-29,34-36,51-52H,2,4,6-17,22-25,30-31H2,1,3,5H3. The first kappa shape index (κ1) is 45.4. The van der Waals surface area contributed by atoms with Crippen LogP contribution >= 0.6 is 0 Å². The molecule has 0 radical (unpaired) electrons. The molecular formula is C48H62F2O7. The van der Waals surface area contributed by atoms with Gasteiger partial charge in [0.25, 0.3) is 0 Å². The smallest absolute Gasteiger partial charge is 0.333 e. The zero-order valence-corrected chi connectivity index (χ0v) is 34.2. The fourth-order valence-corrected chi connectivity index (χ4v) is 7.56. The van der Waals surface area contributed by atoms with Gasteiger partial charge in [-0.05, 0) is 141 Å². The molecular weight excluding hydrogens is 727 g/mol. The predicted molar refractivity (Wildman–Crippen MR) is 222 cm³/mol. The normalized spacial score (nSPS) is 15.4. The number of aryl methyl sites for hydroxylation is 2. The summed E-state index contributed by atoms with van der Waals surface area (Å²) in [6.07, 6.45) is 11.9. The van der Waals surface area contributed by atoms with Gasteiger partial charge in [-0.3, -0.25) is 0 Å². The molecule has 0 heterocycles. The van der Waals surface area contributed by atoms with Crippen molar-refractivity contribution in [2.75, 3.05) is 33.0 Å². The Balaban J connectivity index is 1.62. The molecule has 57 heavy (non-hydrogen) atoms. The van der Waals surface area contributed by atoms with Crippen molar-refractivity contribution in [2.24, 2.45) is 11.8 Å². The van der Waals surface area contributed by atoms with E-state index in [1.807, 2.05) is 12.1 Å². The predicted octanol–water partition coefficient (Wildman–Crippen LogP) is 10.6. The highest BCUT2D eigenvalue weighted by molar-refractivity contribution is 5.87. The van der Waals surface area contributed by atoms with E-state index in [9.17, 15) is 19.8 Å². The van der Waals surface area contributed by atoms with Crippen LogP contribution in [0.15, 0.2) is 72.8 Å². The largest absolute Gasteiger partial charge is 0.493 e. The highest BCUT2D eigenvalue weighted by atomic mass is 19.1. The molecule has 3 aromatic carbocycles. The van der Waals surface area contributed by atoms with Gasteiger partial charge in [0.15, 0.2) is 0 Å². The van der Waals surface area contributed by atoms with Crippen LogP contribution in [0.1, 0.15) is 114 Å². The van der Waals surface area contributed by atoms with E-state index in [1.165, 1.54) is 69.1 Å². The van der Waals surface area contributed by atoms with Gasteiger partial charge < -0.3 is 24.4 Å². The Morgan fingerprint density at radius 1 is 0.737 bits per heavy atom. The first-order valence-electron chi connectivity index (χ1n) is 20.7.